The van der Waals surface area contributed by atoms with Gasteiger partial charge in [-0.05, 0) is 23.9 Å². The molecule has 2 N–H and O–H groups in total. The van der Waals surface area contributed by atoms with Gasteiger partial charge in [-0.15, -0.1) is 0 Å². The van der Waals surface area contributed by atoms with E-state index in [4.69, 9.17) is 40.5 Å². The topological polar surface area (TPSA) is 43.8 Å². The van der Waals surface area contributed by atoms with Gasteiger partial charge in [-0.3, -0.25) is 4.68 Å². The number of rotatable bonds is 3. The summed E-state index contributed by atoms with van der Waals surface area (Å²) >= 11 is 18.3. The van der Waals surface area contributed by atoms with E-state index < -0.39 is 5.76 Å². The molecule has 0 bridgehead atoms. The largest absolute Gasteiger partial charge is 0.398 e. The molecule has 9 heteroatoms. The Morgan fingerprint density at radius 2 is 1.90 bits per heavy atom. The summed E-state index contributed by atoms with van der Waals surface area (Å²) < 4.78 is 26.2. The molecule has 2 aromatic rings. The number of halogens is 5. The van der Waals surface area contributed by atoms with Crippen LogP contribution in [-0.4, -0.2) is 15.5 Å². The highest BCUT2D eigenvalue weighted by atomic mass is 35.5. The fourth-order valence-electron chi connectivity index (χ4n) is 1.61. The van der Waals surface area contributed by atoms with Crippen molar-refractivity contribution < 1.29 is 8.78 Å². The lowest BCUT2D eigenvalue weighted by Crippen LogP contribution is -1.94. The first-order valence-corrected chi connectivity index (χ1v) is 7.24. The van der Waals surface area contributed by atoms with E-state index in [0.29, 0.717) is 28.0 Å². The van der Waals surface area contributed by atoms with Gasteiger partial charge in [-0.2, -0.15) is 13.9 Å². The van der Waals surface area contributed by atoms with Crippen molar-refractivity contribution in [2.24, 2.45) is 7.05 Å². The minimum Gasteiger partial charge on any atom is -0.398 e. The molecule has 2 rings (SSSR count). The van der Waals surface area contributed by atoms with Gasteiger partial charge in [0.15, 0.2) is 0 Å². The third kappa shape index (κ3) is 2.98. The molecule has 1 aromatic carbocycles. The highest BCUT2D eigenvalue weighted by molar-refractivity contribution is 7.99. The summed E-state index contributed by atoms with van der Waals surface area (Å²) in [5, 5.41) is 4.95. The summed E-state index contributed by atoms with van der Waals surface area (Å²) in [4.78, 5) is 0. The highest BCUT2D eigenvalue weighted by Gasteiger charge is 2.21. The highest BCUT2D eigenvalue weighted by Crippen LogP contribution is 2.41. The lowest BCUT2D eigenvalue weighted by molar-refractivity contribution is 0.251. The number of aromatic nitrogens is 2. The number of hydrogen-bond acceptors (Lipinski definition) is 3. The van der Waals surface area contributed by atoms with Crippen LogP contribution in [0, 0.1) is 0 Å². The fourth-order valence-corrected chi connectivity index (χ4v) is 3.04. The zero-order valence-corrected chi connectivity index (χ0v) is 13.1. The average molecular weight is 359 g/mol. The maximum absolute atomic E-state index is 12.5. The van der Waals surface area contributed by atoms with Gasteiger partial charge in [-0.25, -0.2) is 0 Å². The van der Waals surface area contributed by atoms with Gasteiger partial charge in [0.1, 0.15) is 15.7 Å². The molecular formula is C11H8Cl3F2N3S. The van der Waals surface area contributed by atoms with E-state index in [1.165, 1.54) is 23.9 Å². The number of nitrogens with zero attached hydrogens (tertiary/aromatic N) is 2. The normalized spacial score (nSPS) is 11.3. The summed E-state index contributed by atoms with van der Waals surface area (Å²) in [5.41, 5.74) is 6.73. The number of alkyl halides is 2. The molecule has 0 aliphatic rings. The van der Waals surface area contributed by atoms with Crippen LogP contribution in [0.25, 0.3) is 11.3 Å². The molecule has 0 spiro atoms. The third-order valence-corrected chi connectivity index (χ3v) is 4.46. The summed E-state index contributed by atoms with van der Waals surface area (Å²) in [5.74, 6) is -2.60. The Balaban J connectivity index is 2.57. The Bertz CT molecular complexity index is 661. The number of anilines is 1. The number of thioether (sulfide) groups is 1. The molecule has 0 radical (unpaired) electrons. The summed E-state index contributed by atoms with van der Waals surface area (Å²) in [7, 11) is 1.52. The van der Waals surface area contributed by atoms with Crippen LogP contribution in [0.2, 0.25) is 15.1 Å². The number of aryl methyl sites for hydroxylation is 1. The third-order valence-electron chi connectivity index (χ3n) is 2.48. The second-order valence-electron chi connectivity index (χ2n) is 3.82. The van der Waals surface area contributed by atoms with E-state index in [0.717, 1.165) is 0 Å². The van der Waals surface area contributed by atoms with Gasteiger partial charge in [-0.1, -0.05) is 34.8 Å². The predicted molar refractivity (Wildman–Crippen MR) is 79.9 cm³/mol. The van der Waals surface area contributed by atoms with Crippen molar-refractivity contribution in [2.45, 2.75) is 10.8 Å². The fraction of sp³-hybridized carbons (Fsp3) is 0.182. The Morgan fingerprint density at radius 3 is 2.50 bits per heavy atom. The summed E-state index contributed by atoms with van der Waals surface area (Å²) in [6, 6.07) is 2.97. The van der Waals surface area contributed by atoms with Crippen molar-refractivity contribution in [2.75, 3.05) is 5.73 Å². The van der Waals surface area contributed by atoms with Crippen molar-refractivity contribution in [3.05, 3.63) is 27.2 Å². The van der Waals surface area contributed by atoms with Crippen LogP contribution < -0.4 is 5.73 Å². The van der Waals surface area contributed by atoms with E-state index in [1.807, 2.05) is 0 Å². The van der Waals surface area contributed by atoms with E-state index >= 15 is 0 Å². The van der Waals surface area contributed by atoms with Crippen LogP contribution in [0.4, 0.5) is 14.5 Å². The van der Waals surface area contributed by atoms with E-state index in [9.17, 15) is 8.78 Å². The van der Waals surface area contributed by atoms with E-state index in [1.54, 1.807) is 0 Å². The molecule has 108 valence electrons. The molecule has 0 aliphatic heterocycles. The van der Waals surface area contributed by atoms with Crippen molar-refractivity contribution in [3.63, 3.8) is 0 Å². The summed E-state index contributed by atoms with van der Waals surface area (Å²) in [6.45, 7) is 0. The number of hydrogen-bond donors (Lipinski definition) is 1. The second kappa shape index (κ2) is 5.97. The van der Waals surface area contributed by atoms with Gasteiger partial charge >= 0.3 is 0 Å². The Labute approximate surface area is 133 Å². The SMILES string of the molecule is Cn1nc(-c2cc(N)c(Cl)cc2Cl)c(Cl)c1SC(F)F. The average Bonchev–Trinajstić information content (AvgIpc) is 2.61. The van der Waals surface area contributed by atoms with Gasteiger partial charge in [0.25, 0.3) is 5.76 Å². The zero-order chi connectivity index (χ0) is 15.0. The maximum atomic E-state index is 12.5. The molecule has 0 saturated carbocycles. The maximum Gasteiger partial charge on any atom is 0.290 e. The first kappa shape index (κ1) is 15.7. The van der Waals surface area contributed by atoms with Crippen LogP contribution in [0.5, 0.6) is 0 Å². The Hall–Kier alpha value is -0.690. The smallest absolute Gasteiger partial charge is 0.290 e. The Morgan fingerprint density at radius 1 is 1.25 bits per heavy atom. The van der Waals surface area contributed by atoms with Crippen LogP contribution >= 0.6 is 46.6 Å². The first-order chi connectivity index (χ1) is 9.31. The molecule has 0 atom stereocenters. The quantitative estimate of drug-likeness (QED) is 0.624. The molecule has 20 heavy (non-hydrogen) atoms. The van der Waals surface area contributed by atoms with Gasteiger partial charge in [0.05, 0.1) is 15.7 Å². The first-order valence-electron chi connectivity index (χ1n) is 5.23. The predicted octanol–water partition coefficient (Wildman–Crippen LogP) is 4.94. The van der Waals surface area contributed by atoms with E-state index in [2.05, 4.69) is 5.10 Å². The molecule has 0 amide bonds. The van der Waals surface area contributed by atoms with Crippen molar-refractivity contribution >= 4 is 52.3 Å². The molecule has 3 nitrogen and oxygen atoms in total. The number of benzene rings is 1. The molecule has 0 aliphatic carbocycles. The molecule has 0 saturated heterocycles. The van der Waals surface area contributed by atoms with Gasteiger partial charge < -0.3 is 5.73 Å². The van der Waals surface area contributed by atoms with Crippen LogP contribution in [0.1, 0.15) is 0 Å². The second-order valence-corrected chi connectivity index (χ2v) is 5.99. The van der Waals surface area contributed by atoms with Gasteiger partial charge in [0, 0.05) is 12.6 Å². The van der Waals surface area contributed by atoms with E-state index in [-0.39, 0.29) is 20.8 Å². The molecule has 0 unspecified atom stereocenters. The minimum absolute atomic E-state index is 0.0985. The van der Waals surface area contributed by atoms with Gasteiger partial charge in [0.2, 0.25) is 0 Å². The van der Waals surface area contributed by atoms with Crippen molar-refractivity contribution in [1.29, 1.82) is 0 Å². The Kier molecular flexibility index (Phi) is 4.69. The lowest BCUT2D eigenvalue weighted by atomic mass is 10.1. The standard InChI is InChI=1S/C11H8Cl3F2N3S/c1-19-10(20-11(15)16)8(14)9(18-19)4-2-7(17)6(13)3-5(4)12/h2-3,11H,17H2,1H3. The number of nitrogens with two attached hydrogens (primary N) is 1. The summed E-state index contributed by atoms with van der Waals surface area (Å²) in [6.07, 6.45) is 0. The molecule has 1 heterocycles. The van der Waals surface area contributed by atoms with Crippen molar-refractivity contribution in [1.82, 2.24) is 9.78 Å². The monoisotopic (exact) mass is 357 g/mol. The van der Waals surface area contributed by atoms with Crippen LogP contribution in [0.15, 0.2) is 17.2 Å². The number of nitrogen functional groups attached to an aromatic ring is 1. The van der Waals surface area contributed by atoms with Crippen molar-refractivity contribution in [3.8, 4) is 11.3 Å². The van der Waals surface area contributed by atoms with Crippen LogP contribution in [-0.2, 0) is 7.05 Å². The van der Waals surface area contributed by atoms with Crippen LogP contribution in [0.3, 0.4) is 0 Å². The molecular weight excluding hydrogens is 351 g/mol. The molecule has 1 aromatic heterocycles. The lowest BCUT2D eigenvalue weighted by Gasteiger charge is -2.05. The molecule has 0 fully saturated rings. The minimum atomic E-state index is -2.60. The zero-order valence-electron chi connectivity index (χ0n) is 10.0.